The fourth-order valence-electron chi connectivity index (χ4n) is 2.26. The lowest BCUT2D eigenvalue weighted by atomic mass is 9.83. The molecule has 0 saturated heterocycles. The maximum absolute atomic E-state index is 11.0. The first-order chi connectivity index (χ1) is 8.77. The Balaban J connectivity index is 2.91. The van der Waals surface area contributed by atoms with Gasteiger partial charge >= 0.3 is 0 Å². The zero-order chi connectivity index (χ0) is 14.6. The molecule has 0 bridgehead atoms. The third-order valence-corrected chi connectivity index (χ3v) is 3.72. The molecule has 19 heavy (non-hydrogen) atoms. The van der Waals surface area contributed by atoms with Gasteiger partial charge in [0.05, 0.1) is 9.95 Å². The van der Waals surface area contributed by atoms with E-state index in [1.807, 2.05) is 7.05 Å². The third-order valence-electron chi connectivity index (χ3n) is 3.37. The van der Waals surface area contributed by atoms with E-state index < -0.39 is 0 Å². The molecule has 1 rings (SSSR count). The second-order valence-corrected chi connectivity index (χ2v) is 6.15. The lowest BCUT2D eigenvalue weighted by Gasteiger charge is -2.30. The summed E-state index contributed by atoms with van der Waals surface area (Å²) >= 11 is 6.09. The summed E-state index contributed by atoms with van der Waals surface area (Å²) in [5.41, 5.74) is 0.833. The van der Waals surface area contributed by atoms with Crippen LogP contribution in [0.5, 0.6) is 0 Å². The maximum atomic E-state index is 11.0. The molecule has 0 aliphatic heterocycles. The van der Waals surface area contributed by atoms with Crippen molar-refractivity contribution in [2.75, 3.05) is 7.05 Å². The van der Waals surface area contributed by atoms with Crippen molar-refractivity contribution in [1.82, 2.24) is 5.32 Å². The first-order valence-corrected chi connectivity index (χ1v) is 6.74. The first-order valence-electron chi connectivity index (χ1n) is 6.36. The predicted octanol–water partition coefficient (Wildman–Crippen LogP) is 3.81. The average Bonchev–Trinajstić information content (AvgIpc) is 2.29. The number of nitro groups is 1. The van der Waals surface area contributed by atoms with Crippen molar-refractivity contribution in [2.45, 2.75) is 39.7 Å². The van der Waals surface area contributed by atoms with Gasteiger partial charge in [-0.1, -0.05) is 38.4 Å². The molecule has 1 aromatic rings. The lowest BCUT2D eigenvalue weighted by molar-refractivity contribution is -0.385. The van der Waals surface area contributed by atoms with E-state index in [1.54, 1.807) is 12.1 Å². The number of hydrogen-bond acceptors (Lipinski definition) is 3. The number of hydrogen-bond donors (Lipinski definition) is 1. The Morgan fingerprint density at radius 2 is 2.05 bits per heavy atom. The number of nitrogens with zero attached hydrogens (tertiary/aromatic N) is 1. The fourth-order valence-corrected chi connectivity index (χ4v) is 2.53. The van der Waals surface area contributed by atoms with Crippen LogP contribution in [0.4, 0.5) is 5.69 Å². The molecule has 1 unspecified atom stereocenters. The van der Waals surface area contributed by atoms with Crippen molar-refractivity contribution in [1.29, 1.82) is 0 Å². The van der Waals surface area contributed by atoms with Crippen molar-refractivity contribution in [2.24, 2.45) is 5.41 Å². The van der Waals surface area contributed by atoms with E-state index in [2.05, 4.69) is 26.1 Å². The Kier molecular flexibility index (Phi) is 5.32. The Hall–Kier alpha value is -1.13. The second-order valence-electron chi connectivity index (χ2n) is 5.74. The standard InChI is InChI=1S/C14H21ClN2O2/c1-14(2,3)13(16-4)9-8-10-11(15)6-5-7-12(10)17(18)19/h5-7,13,16H,8-9H2,1-4H3. The summed E-state index contributed by atoms with van der Waals surface area (Å²) < 4.78 is 0. The van der Waals surface area contributed by atoms with Gasteiger partial charge in [0, 0.05) is 17.7 Å². The molecule has 0 aliphatic carbocycles. The van der Waals surface area contributed by atoms with Gasteiger partial charge in [-0.25, -0.2) is 0 Å². The van der Waals surface area contributed by atoms with Crippen LogP contribution in [-0.2, 0) is 6.42 Å². The van der Waals surface area contributed by atoms with E-state index >= 15 is 0 Å². The van der Waals surface area contributed by atoms with Crippen molar-refractivity contribution in [3.8, 4) is 0 Å². The monoisotopic (exact) mass is 284 g/mol. The minimum absolute atomic E-state index is 0.102. The molecule has 0 radical (unpaired) electrons. The van der Waals surface area contributed by atoms with E-state index in [0.717, 1.165) is 6.42 Å². The van der Waals surface area contributed by atoms with Gasteiger partial charge in [-0.05, 0) is 31.4 Å². The summed E-state index contributed by atoms with van der Waals surface area (Å²) in [7, 11) is 1.91. The summed E-state index contributed by atoms with van der Waals surface area (Å²) in [4.78, 5) is 10.6. The summed E-state index contributed by atoms with van der Waals surface area (Å²) in [5, 5.41) is 14.8. The molecule has 5 heteroatoms. The molecule has 106 valence electrons. The smallest absolute Gasteiger partial charge is 0.274 e. The molecule has 0 aromatic heterocycles. The van der Waals surface area contributed by atoms with E-state index in [-0.39, 0.29) is 22.1 Å². The Bertz CT molecular complexity index is 455. The van der Waals surface area contributed by atoms with Gasteiger partial charge in [0.2, 0.25) is 0 Å². The van der Waals surface area contributed by atoms with Crippen LogP contribution in [0.15, 0.2) is 18.2 Å². The van der Waals surface area contributed by atoms with Crippen LogP contribution in [0, 0.1) is 15.5 Å². The highest BCUT2D eigenvalue weighted by Gasteiger charge is 2.24. The molecule has 1 atom stereocenters. The normalized spacial score (nSPS) is 13.3. The largest absolute Gasteiger partial charge is 0.316 e. The molecule has 0 amide bonds. The number of halogens is 1. The molecule has 0 spiro atoms. The number of benzene rings is 1. The van der Waals surface area contributed by atoms with Crippen LogP contribution in [0.1, 0.15) is 32.8 Å². The molecule has 0 heterocycles. The van der Waals surface area contributed by atoms with Crippen LogP contribution in [0.2, 0.25) is 5.02 Å². The molecule has 4 nitrogen and oxygen atoms in total. The van der Waals surface area contributed by atoms with Crippen molar-refractivity contribution >= 4 is 17.3 Å². The number of nitro benzene ring substituents is 1. The zero-order valence-corrected chi connectivity index (χ0v) is 12.6. The molecule has 1 N–H and O–H groups in total. The Morgan fingerprint density at radius 1 is 1.42 bits per heavy atom. The molecular formula is C14H21ClN2O2. The quantitative estimate of drug-likeness (QED) is 0.661. The summed E-state index contributed by atoms with van der Waals surface area (Å²) in [6.07, 6.45) is 1.41. The van der Waals surface area contributed by atoms with Crippen LogP contribution in [-0.4, -0.2) is 18.0 Å². The van der Waals surface area contributed by atoms with Crippen LogP contribution in [0.3, 0.4) is 0 Å². The van der Waals surface area contributed by atoms with E-state index in [1.165, 1.54) is 6.07 Å². The van der Waals surface area contributed by atoms with Crippen molar-refractivity contribution < 1.29 is 4.92 Å². The van der Waals surface area contributed by atoms with E-state index in [0.29, 0.717) is 17.0 Å². The van der Waals surface area contributed by atoms with Gasteiger partial charge in [0.15, 0.2) is 0 Å². The van der Waals surface area contributed by atoms with Gasteiger partial charge in [-0.15, -0.1) is 0 Å². The van der Waals surface area contributed by atoms with Gasteiger partial charge in [0.25, 0.3) is 5.69 Å². The molecule has 1 aromatic carbocycles. The maximum Gasteiger partial charge on any atom is 0.274 e. The summed E-state index contributed by atoms with van der Waals surface area (Å²) in [5.74, 6) is 0. The van der Waals surface area contributed by atoms with E-state index in [4.69, 9.17) is 11.6 Å². The Morgan fingerprint density at radius 3 is 2.53 bits per heavy atom. The average molecular weight is 285 g/mol. The van der Waals surface area contributed by atoms with E-state index in [9.17, 15) is 10.1 Å². The Labute approximate surface area is 119 Å². The first kappa shape index (κ1) is 15.9. The van der Waals surface area contributed by atoms with Gasteiger partial charge in [-0.2, -0.15) is 0 Å². The molecular weight excluding hydrogens is 264 g/mol. The molecule has 0 aliphatic rings. The van der Waals surface area contributed by atoms with Gasteiger partial charge in [0.1, 0.15) is 0 Å². The minimum Gasteiger partial charge on any atom is -0.316 e. The van der Waals surface area contributed by atoms with Gasteiger partial charge < -0.3 is 5.32 Å². The molecule has 0 fully saturated rings. The highest BCUT2D eigenvalue weighted by Crippen LogP contribution is 2.30. The van der Waals surface area contributed by atoms with Gasteiger partial charge in [-0.3, -0.25) is 10.1 Å². The SMILES string of the molecule is CNC(CCc1c(Cl)cccc1[N+](=O)[O-])C(C)(C)C. The van der Waals surface area contributed by atoms with Crippen LogP contribution in [0.25, 0.3) is 0 Å². The fraction of sp³-hybridized carbons (Fsp3) is 0.571. The van der Waals surface area contributed by atoms with Crippen LogP contribution >= 0.6 is 11.6 Å². The second kappa shape index (κ2) is 6.35. The summed E-state index contributed by atoms with van der Waals surface area (Å²) in [6.45, 7) is 6.44. The summed E-state index contributed by atoms with van der Waals surface area (Å²) in [6, 6.07) is 5.11. The minimum atomic E-state index is -0.368. The van der Waals surface area contributed by atoms with Crippen molar-refractivity contribution in [3.05, 3.63) is 38.9 Å². The van der Waals surface area contributed by atoms with Crippen LogP contribution < -0.4 is 5.32 Å². The number of nitrogens with one attached hydrogen (secondary N) is 1. The zero-order valence-electron chi connectivity index (χ0n) is 11.9. The predicted molar refractivity (Wildman–Crippen MR) is 78.7 cm³/mol. The third kappa shape index (κ3) is 4.18. The van der Waals surface area contributed by atoms with Crippen molar-refractivity contribution in [3.63, 3.8) is 0 Å². The topological polar surface area (TPSA) is 55.2 Å². The highest BCUT2D eigenvalue weighted by atomic mass is 35.5. The number of rotatable bonds is 5. The highest BCUT2D eigenvalue weighted by molar-refractivity contribution is 6.31. The molecule has 0 saturated carbocycles. The lowest BCUT2D eigenvalue weighted by Crippen LogP contribution is -2.38.